The Kier molecular flexibility index (Phi) is 3.56. The Morgan fingerprint density at radius 2 is 1.89 bits per heavy atom. The Labute approximate surface area is 116 Å². The molecule has 19 heavy (non-hydrogen) atoms. The predicted octanol–water partition coefficient (Wildman–Crippen LogP) is 3.70. The molecule has 1 aliphatic rings. The average Bonchev–Trinajstić information content (AvgIpc) is 2.48. The van der Waals surface area contributed by atoms with Gasteiger partial charge in [0.2, 0.25) is 0 Å². The van der Waals surface area contributed by atoms with Crippen molar-refractivity contribution in [3.63, 3.8) is 0 Å². The van der Waals surface area contributed by atoms with Crippen LogP contribution in [0.2, 0.25) is 0 Å². The fourth-order valence-electron chi connectivity index (χ4n) is 2.22. The second-order valence-electron chi connectivity index (χ2n) is 4.45. The number of carbonyl (C=O) groups excluding carboxylic acids is 1. The molecule has 3 rings (SSSR count). The van der Waals surface area contributed by atoms with Crippen molar-refractivity contribution in [1.29, 1.82) is 0 Å². The third-order valence-corrected chi connectivity index (χ3v) is 4.20. The minimum atomic E-state index is -0.285. The maximum absolute atomic E-state index is 12.1. The minimum Gasteiger partial charge on any atom is -0.423 e. The summed E-state index contributed by atoms with van der Waals surface area (Å²) in [5, 5.41) is 0. The summed E-state index contributed by atoms with van der Waals surface area (Å²) in [5.41, 5.74) is 3.06. The van der Waals surface area contributed by atoms with Crippen molar-refractivity contribution in [2.75, 3.05) is 5.75 Å². The van der Waals surface area contributed by atoms with Crippen LogP contribution in [0.15, 0.2) is 48.5 Å². The SMILES string of the molecule is O=C(Oc1cccc2c1CCSC2)c1ccccc1. The Bertz CT molecular complexity index is 593. The van der Waals surface area contributed by atoms with Gasteiger partial charge in [-0.3, -0.25) is 0 Å². The van der Waals surface area contributed by atoms with Crippen LogP contribution < -0.4 is 4.74 Å². The summed E-state index contributed by atoms with van der Waals surface area (Å²) in [5.74, 6) is 2.53. The molecule has 3 heteroatoms. The number of ether oxygens (including phenoxy) is 1. The van der Waals surface area contributed by atoms with Gasteiger partial charge in [0.15, 0.2) is 0 Å². The van der Waals surface area contributed by atoms with Gasteiger partial charge in [0.1, 0.15) is 5.75 Å². The van der Waals surface area contributed by atoms with E-state index in [1.807, 2.05) is 42.1 Å². The maximum atomic E-state index is 12.1. The van der Waals surface area contributed by atoms with Crippen LogP contribution in [0.25, 0.3) is 0 Å². The first kappa shape index (κ1) is 12.3. The fourth-order valence-corrected chi connectivity index (χ4v) is 3.20. The summed E-state index contributed by atoms with van der Waals surface area (Å²) in [6, 6.07) is 15.1. The monoisotopic (exact) mass is 270 g/mol. The van der Waals surface area contributed by atoms with Crippen molar-refractivity contribution < 1.29 is 9.53 Å². The zero-order chi connectivity index (χ0) is 13.1. The molecule has 0 N–H and O–H groups in total. The molecule has 1 aliphatic heterocycles. The summed E-state index contributed by atoms with van der Waals surface area (Å²) >= 11 is 1.92. The Morgan fingerprint density at radius 3 is 2.74 bits per heavy atom. The molecule has 0 radical (unpaired) electrons. The number of hydrogen-bond donors (Lipinski definition) is 0. The van der Waals surface area contributed by atoms with Gasteiger partial charge >= 0.3 is 5.97 Å². The van der Waals surface area contributed by atoms with Crippen LogP contribution >= 0.6 is 11.8 Å². The minimum absolute atomic E-state index is 0.285. The molecule has 1 heterocycles. The van der Waals surface area contributed by atoms with Crippen molar-refractivity contribution in [3.05, 3.63) is 65.2 Å². The first-order chi connectivity index (χ1) is 9.34. The van der Waals surface area contributed by atoms with Gasteiger partial charge in [-0.1, -0.05) is 30.3 Å². The topological polar surface area (TPSA) is 26.3 Å². The van der Waals surface area contributed by atoms with E-state index in [4.69, 9.17) is 4.74 Å². The molecular weight excluding hydrogens is 256 g/mol. The molecule has 0 aliphatic carbocycles. The van der Waals surface area contributed by atoms with Crippen LogP contribution in [0.1, 0.15) is 21.5 Å². The summed E-state index contributed by atoms with van der Waals surface area (Å²) in [6.07, 6.45) is 0.970. The van der Waals surface area contributed by atoms with E-state index in [9.17, 15) is 4.79 Å². The molecule has 0 bridgehead atoms. The van der Waals surface area contributed by atoms with Crippen LogP contribution in [-0.2, 0) is 12.2 Å². The number of carbonyl (C=O) groups is 1. The number of rotatable bonds is 2. The quantitative estimate of drug-likeness (QED) is 0.615. The lowest BCUT2D eigenvalue weighted by molar-refractivity contribution is 0.0733. The van der Waals surface area contributed by atoms with Crippen molar-refractivity contribution in [3.8, 4) is 5.75 Å². The van der Waals surface area contributed by atoms with E-state index < -0.39 is 0 Å². The zero-order valence-corrected chi connectivity index (χ0v) is 11.3. The van der Waals surface area contributed by atoms with E-state index in [1.54, 1.807) is 12.1 Å². The van der Waals surface area contributed by atoms with E-state index in [1.165, 1.54) is 11.1 Å². The highest BCUT2D eigenvalue weighted by molar-refractivity contribution is 7.98. The van der Waals surface area contributed by atoms with E-state index in [0.717, 1.165) is 17.9 Å². The predicted molar refractivity (Wildman–Crippen MR) is 77.7 cm³/mol. The zero-order valence-electron chi connectivity index (χ0n) is 10.5. The van der Waals surface area contributed by atoms with Gasteiger partial charge in [-0.2, -0.15) is 11.8 Å². The number of benzene rings is 2. The summed E-state index contributed by atoms with van der Waals surface area (Å²) in [7, 11) is 0. The molecule has 0 aromatic heterocycles. The highest BCUT2D eigenvalue weighted by atomic mass is 32.2. The molecule has 0 atom stereocenters. The molecule has 96 valence electrons. The van der Waals surface area contributed by atoms with Gasteiger partial charge in [0.05, 0.1) is 5.56 Å². The van der Waals surface area contributed by atoms with Crippen LogP contribution in [0.5, 0.6) is 5.75 Å². The third kappa shape index (κ3) is 2.66. The Hall–Kier alpha value is -1.74. The van der Waals surface area contributed by atoms with E-state index in [-0.39, 0.29) is 5.97 Å². The van der Waals surface area contributed by atoms with Gasteiger partial charge in [-0.05, 0) is 41.5 Å². The van der Waals surface area contributed by atoms with Gasteiger partial charge in [-0.15, -0.1) is 0 Å². The summed E-state index contributed by atoms with van der Waals surface area (Å²) < 4.78 is 5.55. The molecule has 0 fully saturated rings. The summed E-state index contributed by atoms with van der Waals surface area (Å²) in [6.45, 7) is 0. The standard InChI is InChI=1S/C16H14O2S/c17-16(12-5-2-1-3-6-12)18-15-8-4-7-13-11-19-10-9-14(13)15/h1-8H,9-11H2. The van der Waals surface area contributed by atoms with Gasteiger partial charge < -0.3 is 4.74 Å². The smallest absolute Gasteiger partial charge is 0.343 e. The van der Waals surface area contributed by atoms with Crippen LogP contribution in [-0.4, -0.2) is 11.7 Å². The first-order valence-electron chi connectivity index (χ1n) is 6.30. The molecule has 0 saturated carbocycles. The Morgan fingerprint density at radius 1 is 1.05 bits per heavy atom. The van der Waals surface area contributed by atoms with Gasteiger partial charge in [0.25, 0.3) is 0 Å². The van der Waals surface area contributed by atoms with Crippen LogP contribution in [0, 0.1) is 0 Å². The van der Waals surface area contributed by atoms with E-state index >= 15 is 0 Å². The molecule has 0 spiro atoms. The number of thioether (sulfide) groups is 1. The van der Waals surface area contributed by atoms with Crippen molar-refractivity contribution >= 4 is 17.7 Å². The summed E-state index contributed by atoms with van der Waals surface area (Å²) in [4.78, 5) is 12.1. The lowest BCUT2D eigenvalue weighted by Crippen LogP contribution is -2.12. The Balaban J connectivity index is 1.86. The normalized spacial score (nSPS) is 13.7. The highest BCUT2D eigenvalue weighted by Gasteiger charge is 2.16. The van der Waals surface area contributed by atoms with Crippen LogP contribution in [0.3, 0.4) is 0 Å². The number of esters is 1. The second kappa shape index (κ2) is 5.49. The second-order valence-corrected chi connectivity index (χ2v) is 5.56. The van der Waals surface area contributed by atoms with Crippen LogP contribution in [0.4, 0.5) is 0 Å². The molecule has 2 aromatic carbocycles. The van der Waals surface area contributed by atoms with Gasteiger partial charge in [-0.25, -0.2) is 4.79 Å². The van der Waals surface area contributed by atoms with Crippen molar-refractivity contribution in [2.24, 2.45) is 0 Å². The fraction of sp³-hybridized carbons (Fsp3) is 0.188. The lowest BCUT2D eigenvalue weighted by atomic mass is 10.0. The lowest BCUT2D eigenvalue weighted by Gasteiger charge is -2.18. The largest absolute Gasteiger partial charge is 0.423 e. The van der Waals surface area contributed by atoms with Crippen molar-refractivity contribution in [2.45, 2.75) is 12.2 Å². The van der Waals surface area contributed by atoms with Crippen molar-refractivity contribution in [1.82, 2.24) is 0 Å². The van der Waals surface area contributed by atoms with E-state index in [2.05, 4.69) is 6.07 Å². The first-order valence-corrected chi connectivity index (χ1v) is 7.46. The number of fused-ring (bicyclic) bond motifs is 1. The molecule has 2 aromatic rings. The molecule has 0 amide bonds. The molecular formula is C16H14O2S. The number of hydrogen-bond acceptors (Lipinski definition) is 3. The molecule has 0 unspecified atom stereocenters. The third-order valence-electron chi connectivity index (χ3n) is 3.20. The molecule has 0 saturated heterocycles. The van der Waals surface area contributed by atoms with E-state index in [0.29, 0.717) is 11.3 Å². The average molecular weight is 270 g/mol. The van der Waals surface area contributed by atoms with Gasteiger partial charge in [0, 0.05) is 5.75 Å². The molecule has 2 nitrogen and oxygen atoms in total. The maximum Gasteiger partial charge on any atom is 0.343 e. The highest BCUT2D eigenvalue weighted by Crippen LogP contribution is 2.31.